The van der Waals surface area contributed by atoms with E-state index < -0.39 is 0 Å². The minimum Gasteiger partial charge on any atom is -0.466 e. The Labute approximate surface area is 90.3 Å². The summed E-state index contributed by atoms with van der Waals surface area (Å²) < 4.78 is 10.7. The fraction of sp³-hybridized carbons (Fsp3) is 0.909. The zero-order valence-electron chi connectivity index (χ0n) is 9.25. The first kappa shape index (κ1) is 10.9. The second kappa shape index (κ2) is 4.49. The summed E-state index contributed by atoms with van der Waals surface area (Å²) >= 11 is 0. The first-order chi connectivity index (χ1) is 7.24. The van der Waals surface area contributed by atoms with Crippen LogP contribution in [0.4, 0.5) is 0 Å². The number of esters is 1. The number of hydrogen-bond donors (Lipinski definition) is 1. The highest BCUT2D eigenvalue weighted by atomic mass is 16.5. The van der Waals surface area contributed by atoms with E-state index in [4.69, 9.17) is 9.47 Å². The van der Waals surface area contributed by atoms with Crippen LogP contribution in [0.25, 0.3) is 0 Å². The molecular weight excluding hydrogens is 194 g/mol. The summed E-state index contributed by atoms with van der Waals surface area (Å²) in [4.78, 5) is 11.2. The normalized spacial score (nSPS) is 28.5. The molecule has 1 spiro atoms. The third-order valence-electron chi connectivity index (χ3n) is 3.29. The number of carbonyl (C=O) groups excluding carboxylic acids is 1. The van der Waals surface area contributed by atoms with Crippen molar-refractivity contribution in [3.05, 3.63) is 0 Å². The van der Waals surface area contributed by atoms with Crippen LogP contribution in [0.15, 0.2) is 0 Å². The van der Waals surface area contributed by atoms with E-state index in [1.54, 1.807) is 0 Å². The molecule has 15 heavy (non-hydrogen) atoms. The summed E-state index contributed by atoms with van der Waals surface area (Å²) in [5.74, 6) is -0.136. The minimum absolute atomic E-state index is 0.102. The Hall–Kier alpha value is -0.610. The molecule has 0 radical (unpaired) electrons. The predicted octanol–water partition coefficient (Wildman–Crippen LogP) is 0.851. The summed E-state index contributed by atoms with van der Waals surface area (Å²) in [6.07, 6.45) is 4.01. The minimum atomic E-state index is -0.136. The average Bonchev–Trinajstić information content (AvgIpc) is 2.17. The van der Waals surface area contributed by atoms with Crippen molar-refractivity contribution in [2.75, 3.05) is 19.8 Å². The van der Waals surface area contributed by atoms with Gasteiger partial charge >= 0.3 is 5.97 Å². The predicted molar refractivity (Wildman–Crippen MR) is 55.6 cm³/mol. The quantitative estimate of drug-likeness (QED) is 0.706. The lowest BCUT2D eigenvalue weighted by Gasteiger charge is -2.46. The largest absolute Gasteiger partial charge is 0.466 e. The van der Waals surface area contributed by atoms with Crippen LogP contribution in [-0.4, -0.2) is 37.4 Å². The first-order valence-corrected chi connectivity index (χ1v) is 5.77. The number of morpholine rings is 1. The number of ether oxygens (including phenoxy) is 2. The van der Waals surface area contributed by atoms with E-state index in [0.717, 1.165) is 19.4 Å². The molecule has 0 aromatic rings. The fourth-order valence-electron chi connectivity index (χ4n) is 2.16. The van der Waals surface area contributed by atoms with Gasteiger partial charge in [0, 0.05) is 12.6 Å². The topological polar surface area (TPSA) is 47.6 Å². The van der Waals surface area contributed by atoms with Crippen molar-refractivity contribution in [2.45, 2.75) is 44.2 Å². The van der Waals surface area contributed by atoms with Crippen LogP contribution in [-0.2, 0) is 14.3 Å². The lowest BCUT2D eigenvalue weighted by atomic mass is 9.79. The maximum atomic E-state index is 11.2. The lowest BCUT2D eigenvalue weighted by Crippen LogP contribution is -2.58. The van der Waals surface area contributed by atoms with Gasteiger partial charge in [-0.05, 0) is 26.2 Å². The highest BCUT2D eigenvalue weighted by Gasteiger charge is 2.41. The molecule has 1 N–H and O–H groups in total. The molecule has 2 rings (SSSR count). The van der Waals surface area contributed by atoms with Crippen LogP contribution >= 0.6 is 0 Å². The van der Waals surface area contributed by atoms with Crippen LogP contribution in [0.5, 0.6) is 0 Å². The van der Waals surface area contributed by atoms with E-state index in [1.807, 2.05) is 6.92 Å². The van der Waals surface area contributed by atoms with Crippen molar-refractivity contribution >= 4 is 5.97 Å². The van der Waals surface area contributed by atoms with E-state index in [-0.39, 0.29) is 17.6 Å². The molecule has 2 aliphatic rings. The van der Waals surface area contributed by atoms with Gasteiger partial charge in [0.1, 0.15) is 0 Å². The molecule has 1 aliphatic carbocycles. The number of carbonyl (C=O) groups is 1. The molecule has 0 aromatic heterocycles. The van der Waals surface area contributed by atoms with Crippen molar-refractivity contribution in [1.82, 2.24) is 5.32 Å². The molecule has 0 aromatic carbocycles. The van der Waals surface area contributed by atoms with E-state index in [0.29, 0.717) is 19.6 Å². The van der Waals surface area contributed by atoms with Gasteiger partial charge in [0.05, 0.1) is 25.2 Å². The summed E-state index contributed by atoms with van der Waals surface area (Å²) in [6.45, 7) is 3.80. The Morgan fingerprint density at radius 3 is 2.87 bits per heavy atom. The molecule has 4 heteroatoms. The molecule has 2 fully saturated rings. The van der Waals surface area contributed by atoms with Gasteiger partial charge in [-0.15, -0.1) is 0 Å². The molecule has 0 bridgehead atoms. The van der Waals surface area contributed by atoms with Crippen molar-refractivity contribution in [3.8, 4) is 0 Å². The van der Waals surface area contributed by atoms with E-state index >= 15 is 0 Å². The maximum absolute atomic E-state index is 11.2. The summed E-state index contributed by atoms with van der Waals surface area (Å²) in [5, 5.41) is 3.38. The fourth-order valence-corrected chi connectivity index (χ4v) is 2.16. The van der Waals surface area contributed by atoms with E-state index in [9.17, 15) is 4.79 Å². The van der Waals surface area contributed by atoms with Crippen molar-refractivity contribution in [2.24, 2.45) is 0 Å². The molecular formula is C11H19NO3. The summed E-state index contributed by atoms with van der Waals surface area (Å²) in [7, 11) is 0. The maximum Gasteiger partial charge on any atom is 0.307 e. The second-order valence-electron chi connectivity index (χ2n) is 4.43. The highest BCUT2D eigenvalue weighted by Crippen LogP contribution is 2.36. The van der Waals surface area contributed by atoms with Gasteiger partial charge in [-0.3, -0.25) is 4.79 Å². The Kier molecular flexibility index (Phi) is 3.26. The van der Waals surface area contributed by atoms with Gasteiger partial charge in [-0.25, -0.2) is 0 Å². The lowest BCUT2D eigenvalue weighted by molar-refractivity contribution is -0.151. The Morgan fingerprint density at radius 1 is 1.60 bits per heavy atom. The Bertz CT molecular complexity index is 228. The highest BCUT2D eigenvalue weighted by molar-refractivity contribution is 5.70. The molecule has 0 amide bonds. The zero-order chi connectivity index (χ0) is 10.7. The Balaban J connectivity index is 1.71. The average molecular weight is 213 g/mol. The molecule has 1 heterocycles. The van der Waals surface area contributed by atoms with E-state index in [2.05, 4.69) is 5.32 Å². The van der Waals surface area contributed by atoms with Crippen LogP contribution in [0.3, 0.4) is 0 Å². The molecule has 1 saturated heterocycles. The van der Waals surface area contributed by atoms with Gasteiger partial charge in [0.25, 0.3) is 0 Å². The third kappa shape index (κ3) is 2.49. The number of nitrogens with one attached hydrogen (secondary N) is 1. The van der Waals surface area contributed by atoms with Gasteiger partial charge in [0.15, 0.2) is 0 Å². The number of rotatable bonds is 3. The molecule has 1 aliphatic heterocycles. The summed E-state index contributed by atoms with van der Waals surface area (Å²) in [5.41, 5.74) is 0.102. The van der Waals surface area contributed by atoms with Gasteiger partial charge in [-0.2, -0.15) is 0 Å². The molecule has 86 valence electrons. The van der Waals surface area contributed by atoms with E-state index in [1.165, 1.54) is 6.42 Å². The Morgan fingerprint density at radius 2 is 2.40 bits per heavy atom. The van der Waals surface area contributed by atoms with Gasteiger partial charge < -0.3 is 14.8 Å². The zero-order valence-corrected chi connectivity index (χ0v) is 9.25. The van der Waals surface area contributed by atoms with Gasteiger partial charge in [-0.1, -0.05) is 0 Å². The smallest absolute Gasteiger partial charge is 0.307 e. The SMILES string of the molecule is CCOC(=O)CC1COC2(CCC2)CN1. The first-order valence-electron chi connectivity index (χ1n) is 5.77. The second-order valence-corrected chi connectivity index (χ2v) is 4.43. The standard InChI is InChI=1S/C11H19NO3/c1-2-14-10(13)6-9-7-15-11(8-12-9)4-3-5-11/h9,12H,2-8H2,1H3. The van der Waals surface area contributed by atoms with Crippen LogP contribution in [0.1, 0.15) is 32.6 Å². The number of hydrogen-bond acceptors (Lipinski definition) is 4. The third-order valence-corrected chi connectivity index (χ3v) is 3.29. The summed E-state index contributed by atoms with van der Waals surface area (Å²) in [6, 6.07) is 0.135. The molecule has 1 atom stereocenters. The molecule has 1 unspecified atom stereocenters. The van der Waals surface area contributed by atoms with Gasteiger partial charge in [0.2, 0.25) is 0 Å². The van der Waals surface area contributed by atoms with Crippen molar-refractivity contribution in [3.63, 3.8) is 0 Å². The van der Waals surface area contributed by atoms with Crippen LogP contribution in [0, 0.1) is 0 Å². The molecule has 1 saturated carbocycles. The van der Waals surface area contributed by atoms with Crippen molar-refractivity contribution in [1.29, 1.82) is 0 Å². The van der Waals surface area contributed by atoms with Crippen molar-refractivity contribution < 1.29 is 14.3 Å². The molecule has 4 nitrogen and oxygen atoms in total. The monoisotopic (exact) mass is 213 g/mol. The van der Waals surface area contributed by atoms with Crippen LogP contribution in [0.2, 0.25) is 0 Å². The van der Waals surface area contributed by atoms with Crippen LogP contribution < -0.4 is 5.32 Å².